The Morgan fingerprint density at radius 1 is 1.30 bits per heavy atom. The number of hydrogen-bond donors (Lipinski definition) is 2. The third-order valence-corrected chi connectivity index (χ3v) is 4.56. The quantitative estimate of drug-likeness (QED) is 0.836. The number of halogens is 2. The Morgan fingerprint density at radius 3 is 2.70 bits per heavy atom. The highest BCUT2D eigenvalue weighted by atomic mass is 35.5. The maximum atomic E-state index is 12.5. The van der Waals surface area contributed by atoms with E-state index >= 15 is 0 Å². The Morgan fingerprint density at radius 2 is 2.00 bits per heavy atom. The van der Waals surface area contributed by atoms with E-state index in [9.17, 15) is 4.79 Å². The van der Waals surface area contributed by atoms with Crippen LogP contribution < -0.4 is 10.6 Å². The highest BCUT2D eigenvalue weighted by Gasteiger charge is 2.44. The van der Waals surface area contributed by atoms with Gasteiger partial charge in [-0.25, -0.2) is 4.79 Å². The van der Waals surface area contributed by atoms with Crippen molar-refractivity contribution in [2.75, 3.05) is 18.4 Å². The van der Waals surface area contributed by atoms with E-state index in [1.165, 1.54) is 0 Å². The van der Waals surface area contributed by atoms with Gasteiger partial charge >= 0.3 is 6.03 Å². The fraction of sp³-hybridized carbons (Fsp3) is 0.500. The Kier molecular flexibility index (Phi) is 3.80. The van der Waals surface area contributed by atoms with E-state index in [-0.39, 0.29) is 12.1 Å². The number of nitrogens with one attached hydrogen (secondary N) is 2. The summed E-state index contributed by atoms with van der Waals surface area (Å²) in [5.41, 5.74) is 0.633. The van der Waals surface area contributed by atoms with Crippen LogP contribution in [0, 0.1) is 5.92 Å². The minimum absolute atomic E-state index is 0.0768. The van der Waals surface area contributed by atoms with Crippen LogP contribution in [0.3, 0.4) is 0 Å². The van der Waals surface area contributed by atoms with Crippen LogP contribution in [0.1, 0.15) is 13.3 Å². The average Bonchev–Trinajstić information content (AvgIpc) is 2.86. The van der Waals surface area contributed by atoms with E-state index in [0.29, 0.717) is 27.7 Å². The molecule has 1 aromatic carbocycles. The van der Waals surface area contributed by atoms with Crippen LogP contribution in [0.2, 0.25) is 10.0 Å². The smallest absolute Gasteiger partial charge is 0.317 e. The van der Waals surface area contributed by atoms with Gasteiger partial charge in [-0.3, -0.25) is 0 Å². The summed E-state index contributed by atoms with van der Waals surface area (Å²) < 4.78 is 0. The molecule has 0 aromatic heterocycles. The van der Waals surface area contributed by atoms with E-state index in [2.05, 4.69) is 17.6 Å². The van der Waals surface area contributed by atoms with Crippen LogP contribution in [-0.2, 0) is 0 Å². The van der Waals surface area contributed by atoms with Crippen LogP contribution in [0.5, 0.6) is 0 Å². The lowest BCUT2D eigenvalue weighted by atomic mass is 10.0. The number of urea groups is 1. The highest BCUT2D eigenvalue weighted by Crippen LogP contribution is 2.33. The minimum Gasteiger partial charge on any atom is -0.317 e. The largest absolute Gasteiger partial charge is 0.322 e. The second-order valence-electron chi connectivity index (χ2n) is 5.57. The minimum atomic E-state index is -0.0768. The molecule has 0 spiro atoms. The third kappa shape index (κ3) is 2.60. The Balaban J connectivity index is 1.75. The molecule has 2 fully saturated rings. The van der Waals surface area contributed by atoms with Crippen LogP contribution >= 0.6 is 23.2 Å². The molecule has 3 rings (SSSR count). The van der Waals surface area contributed by atoms with Gasteiger partial charge in [-0.15, -0.1) is 0 Å². The number of rotatable bonds is 1. The van der Waals surface area contributed by atoms with Crippen molar-refractivity contribution in [2.24, 2.45) is 5.92 Å². The first-order valence-corrected chi connectivity index (χ1v) is 7.56. The topological polar surface area (TPSA) is 44.4 Å². The molecule has 108 valence electrons. The molecule has 4 nitrogen and oxygen atoms in total. The van der Waals surface area contributed by atoms with Crippen molar-refractivity contribution in [3.63, 3.8) is 0 Å². The number of amides is 2. The van der Waals surface area contributed by atoms with Gasteiger partial charge in [0.1, 0.15) is 0 Å². The molecule has 2 aliphatic heterocycles. The Hall–Kier alpha value is -0.970. The molecule has 1 aromatic rings. The first-order chi connectivity index (χ1) is 9.54. The van der Waals surface area contributed by atoms with Gasteiger partial charge in [0.15, 0.2) is 0 Å². The van der Waals surface area contributed by atoms with Gasteiger partial charge in [-0.1, -0.05) is 23.2 Å². The molecular formula is C14H17Cl2N3O. The fourth-order valence-corrected chi connectivity index (χ4v) is 3.85. The lowest BCUT2D eigenvalue weighted by Gasteiger charge is -2.27. The molecule has 2 N–H and O–H groups in total. The molecule has 20 heavy (non-hydrogen) atoms. The lowest BCUT2D eigenvalue weighted by molar-refractivity contribution is 0.190. The number of nitrogens with zero attached hydrogens (tertiary/aromatic N) is 1. The number of carbonyl (C=O) groups is 1. The normalized spacial score (nSPS) is 28.6. The van der Waals surface area contributed by atoms with Crippen molar-refractivity contribution in [3.8, 4) is 0 Å². The standard InChI is InChI=1S/C14H17Cl2N3O/c1-8-2-9-6-17-7-13(9)19(8)14(20)18-12-4-10(15)3-11(16)5-12/h3-5,8-9,13,17H,2,6-7H2,1H3,(H,18,20). The van der Waals surface area contributed by atoms with Crippen molar-refractivity contribution in [2.45, 2.75) is 25.4 Å². The van der Waals surface area contributed by atoms with Crippen LogP contribution in [0.25, 0.3) is 0 Å². The Bertz CT molecular complexity index is 517. The van der Waals surface area contributed by atoms with Gasteiger partial charge < -0.3 is 15.5 Å². The second kappa shape index (κ2) is 5.43. The predicted molar refractivity (Wildman–Crippen MR) is 81.5 cm³/mol. The summed E-state index contributed by atoms with van der Waals surface area (Å²) in [6.45, 7) is 3.98. The molecule has 0 radical (unpaired) electrons. The van der Waals surface area contributed by atoms with E-state index in [4.69, 9.17) is 23.2 Å². The zero-order valence-electron chi connectivity index (χ0n) is 11.2. The summed E-state index contributed by atoms with van der Waals surface area (Å²) in [5.74, 6) is 0.568. The summed E-state index contributed by atoms with van der Waals surface area (Å²) in [6.07, 6.45) is 1.06. The van der Waals surface area contributed by atoms with E-state index in [0.717, 1.165) is 19.5 Å². The summed E-state index contributed by atoms with van der Waals surface area (Å²) in [4.78, 5) is 14.4. The number of hydrogen-bond acceptors (Lipinski definition) is 2. The first-order valence-electron chi connectivity index (χ1n) is 6.80. The van der Waals surface area contributed by atoms with E-state index < -0.39 is 0 Å². The molecule has 2 aliphatic rings. The summed E-state index contributed by atoms with van der Waals surface area (Å²) in [5, 5.41) is 7.28. The van der Waals surface area contributed by atoms with Gasteiger partial charge in [0.25, 0.3) is 0 Å². The van der Waals surface area contributed by atoms with Crippen molar-refractivity contribution in [3.05, 3.63) is 28.2 Å². The monoisotopic (exact) mass is 313 g/mol. The molecule has 2 amide bonds. The molecule has 0 saturated carbocycles. The number of fused-ring (bicyclic) bond motifs is 1. The number of anilines is 1. The lowest BCUT2D eigenvalue weighted by Crippen LogP contribution is -2.45. The van der Waals surface area contributed by atoms with Gasteiger partial charge in [0, 0.05) is 34.9 Å². The number of likely N-dealkylation sites (tertiary alicyclic amines) is 1. The summed E-state index contributed by atoms with van der Waals surface area (Å²) >= 11 is 11.9. The van der Waals surface area contributed by atoms with Crippen LogP contribution in [-0.4, -0.2) is 36.1 Å². The van der Waals surface area contributed by atoms with Crippen LogP contribution in [0.15, 0.2) is 18.2 Å². The zero-order chi connectivity index (χ0) is 14.3. The summed E-state index contributed by atoms with van der Waals surface area (Å²) in [6, 6.07) is 5.54. The molecular weight excluding hydrogens is 297 g/mol. The Labute approximate surface area is 128 Å². The van der Waals surface area contributed by atoms with Gasteiger partial charge in [-0.05, 0) is 37.5 Å². The van der Waals surface area contributed by atoms with Gasteiger partial charge in [0.05, 0.1) is 6.04 Å². The maximum Gasteiger partial charge on any atom is 0.322 e. The molecule has 6 heteroatoms. The van der Waals surface area contributed by atoms with Gasteiger partial charge in [0.2, 0.25) is 0 Å². The van der Waals surface area contributed by atoms with Crippen molar-refractivity contribution >= 4 is 34.9 Å². The molecule has 2 saturated heterocycles. The maximum absolute atomic E-state index is 12.5. The molecule has 3 unspecified atom stereocenters. The third-order valence-electron chi connectivity index (χ3n) is 4.13. The summed E-state index contributed by atoms with van der Waals surface area (Å²) in [7, 11) is 0. The highest BCUT2D eigenvalue weighted by molar-refractivity contribution is 6.35. The predicted octanol–water partition coefficient (Wildman–Crippen LogP) is 3.21. The van der Waals surface area contributed by atoms with E-state index in [1.54, 1.807) is 18.2 Å². The number of benzene rings is 1. The van der Waals surface area contributed by atoms with Crippen molar-refractivity contribution < 1.29 is 4.79 Å². The second-order valence-corrected chi connectivity index (χ2v) is 6.44. The van der Waals surface area contributed by atoms with E-state index in [1.807, 2.05) is 4.90 Å². The first kappa shape index (κ1) is 14.0. The molecule has 0 bridgehead atoms. The SMILES string of the molecule is CC1CC2CNCC2N1C(=O)Nc1cc(Cl)cc(Cl)c1. The van der Waals surface area contributed by atoms with Gasteiger partial charge in [-0.2, -0.15) is 0 Å². The molecule has 3 atom stereocenters. The zero-order valence-corrected chi connectivity index (χ0v) is 12.7. The van der Waals surface area contributed by atoms with Crippen molar-refractivity contribution in [1.29, 1.82) is 0 Å². The number of carbonyl (C=O) groups excluding carboxylic acids is 1. The van der Waals surface area contributed by atoms with Crippen molar-refractivity contribution in [1.82, 2.24) is 10.2 Å². The van der Waals surface area contributed by atoms with Crippen LogP contribution in [0.4, 0.5) is 10.5 Å². The molecule has 2 heterocycles. The molecule has 0 aliphatic carbocycles. The average molecular weight is 314 g/mol. The fourth-order valence-electron chi connectivity index (χ4n) is 3.33.